The van der Waals surface area contributed by atoms with Crippen LogP contribution in [0.1, 0.15) is 71.3 Å². The van der Waals surface area contributed by atoms with Crippen LogP contribution in [-0.2, 0) is 43.5 Å². The van der Waals surface area contributed by atoms with Crippen LogP contribution in [0.15, 0.2) is 69.6 Å². The van der Waals surface area contributed by atoms with E-state index in [1.54, 1.807) is 26.0 Å². The second-order valence-electron chi connectivity index (χ2n) is 12.5. The van der Waals surface area contributed by atoms with Gasteiger partial charge in [0.1, 0.15) is 25.5 Å². The number of hydrogen-bond donors (Lipinski definition) is 3. The van der Waals surface area contributed by atoms with E-state index < -0.39 is 24.4 Å². The van der Waals surface area contributed by atoms with Crippen molar-refractivity contribution in [1.82, 2.24) is 5.32 Å². The average Bonchev–Trinajstić information content (AvgIpc) is 3.11. The Kier molecular flexibility index (Phi) is 16.1. The Hall–Kier alpha value is -4.43. The van der Waals surface area contributed by atoms with Crippen molar-refractivity contribution in [2.45, 2.75) is 66.6 Å². The quantitative estimate of drug-likeness (QED) is 0.0744. The molecule has 4 aromatic rings. The molecule has 3 N–H and O–H groups in total. The van der Waals surface area contributed by atoms with Crippen LogP contribution in [0.2, 0.25) is 10.0 Å². The molecule has 0 saturated carbocycles. The fraction of sp³-hybridized carbons (Fsp3) is 0.275. The number of halogens is 4. The second-order valence-corrected chi connectivity index (χ2v) is 15.0. The molecule has 15 heteroatoms. The molecule has 11 nitrogen and oxygen atoms in total. The highest BCUT2D eigenvalue weighted by atomic mass is 79.9. The Labute approximate surface area is 346 Å². The molecule has 0 unspecified atom stereocenters. The van der Waals surface area contributed by atoms with Crippen molar-refractivity contribution in [2.75, 3.05) is 17.2 Å². The molecule has 0 spiro atoms. The molecule has 55 heavy (non-hydrogen) atoms. The number of ether oxygens (including phenoxy) is 3. The van der Waals surface area contributed by atoms with Crippen molar-refractivity contribution < 1.29 is 38.2 Å². The minimum atomic E-state index is -0.933. The molecule has 3 amide bonds. The summed E-state index contributed by atoms with van der Waals surface area (Å²) in [5.74, 6) is -1.79. The summed E-state index contributed by atoms with van der Waals surface area (Å²) in [5.41, 5.74) is 5.71. The molecule has 0 bridgehead atoms. The van der Waals surface area contributed by atoms with Crippen molar-refractivity contribution in [2.24, 2.45) is 0 Å². The molecule has 0 aromatic heterocycles. The van der Waals surface area contributed by atoms with Gasteiger partial charge < -0.3 is 30.2 Å². The Bertz CT molecular complexity index is 2060. The van der Waals surface area contributed by atoms with Gasteiger partial charge in [-0.05, 0) is 128 Å². The third kappa shape index (κ3) is 13.4. The van der Waals surface area contributed by atoms with Crippen LogP contribution in [0.3, 0.4) is 0 Å². The number of anilines is 2. The highest BCUT2D eigenvalue weighted by Crippen LogP contribution is 2.37. The lowest BCUT2D eigenvalue weighted by molar-refractivity contribution is -0.158. The Morgan fingerprint density at radius 2 is 1.13 bits per heavy atom. The van der Waals surface area contributed by atoms with Crippen LogP contribution in [-0.4, -0.2) is 36.2 Å². The van der Waals surface area contributed by atoms with Gasteiger partial charge >= 0.3 is 11.9 Å². The van der Waals surface area contributed by atoms with Crippen molar-refractivity contribution in [1.29, 1.82) is 0 Å². The van der Waals surface area contributed by atoms with Gasteiger partial charge in [0.15, 0.2) is 5.75 Å². The topological polar surface area (TPSA) is 149 Å². The highest BCUT2D eigenvalue weighted by Gasteiger charge is 2.18. The molecule has 4 aromatic carbocycles. The van der Waals surface area contributed by atoms with E-state index in [1.807, 2.05) is 50.2 Å². The van der Waals surface area contributed by atoms with Crippen LogP contribution in [0, 0.1) is 13.8 Å². The number of aryl methyl sites for hydroxylation is 3. The molecule has 0 aliphatic carbocycles. The molecule has 0 heterocycles. The largest absolute Gasteiger partial charge is 0.487 e. The number of amides is 3. The zero-order chi connectivity index (χ0) is 40.2. The van der Waals surface area contributed by atoms with E-state index in [4.69, 9.17) is 37.4 Å². The van der Waals surface area contributed by atoms with E-state index in [1.165, 1.54) is 12.1 Å². The van der Waals surface area contributed by atoms with Crippen LogP contribution in [0.25, 0.3) is 0 Å². The third-order valence-electron chi connectivity index (χ3n) is 7.81. The summed E-state index contributed by atoms with van der Waals surface area (Å²) in [4.78, 5) is 61.3. The minimum Gasteiger partial charge on any atom is -0.487 e. The van der Waals surface area contributed by atoms with Gasteiger partial charge in [-0.3, -0.25) is 19.2 Å². The van der Waals surface area contributed by atoms with Gasteiger partial charge in [-0.25, -0.2) is 4.79 Å². The maximum absolute atomic E-state index is 12.9. The van der Waals surface area contributed by atoms with Gasteiger partial charge in [-0.15, -0.1) is 0 Å². The number of carbonyl (C=O) groups is 5. The molecule has 0 aliphatic heterocycles. The van der Waals surface area contributed by atoms with Crippen LogP contribution < -0.4 is 25.4 Å². The lowest BCUT2D eigenvalue weighted by Crippen LogP contribution is -2.31. The Balaban J connectivity index is 1.24. The van der Waals surface area contributed by atoms with Gasteiger partial charge in [0.05, 0.1) is 25.4 Å². The lowest BCUT2D eigenvalue weighted by Gasteiger charge is -2.14. The monoisotopic (exact) mass is 917 g/mol. The minimum absolute atomic E-state index is 0.0929. The predicted octanol–water partition coefficient (Wildman–Crippen LogP) is 9.42. The number of benzene rings is 4. The van der Waals surface area contributed by atoms with E-state index >= 15 is 0 Å². The van der Waals surface area contributed by atoms with Gasteiger partial charge in [0.25, 0.3) is 5.91 Å². The Morgan fingerprint density at radius 1 is 0.636 bits per heavy atom. The highest BCUT2D eigenvalue weighted by molar-refractivity contribution is 9.11. The van der Waals surface area contributed by atoms with E-state index in [-0.39, 0.29) is 59.2 Å². The first-order chi connectivity index (χ1) is 26.1. The van der Waals surface area contributed by atoms with E-state index in [0.717, 1.165) is 22.3 Å². The molecule has 0 radical (unpaired) electrons. The van der Waals surface area contributed by atoms with Gasteiger partial charge in [-0.1, -0.05) is 49.2 Å². The van der Waals surface area contributed by atoms with Crippen LogP contribution in [0.5, 0.6) is 11.5 Å². The standard InChI is InChI=1S/C40H39Br2Cl2N3O8/c1-5-34(48)46-28-11-22(3)9-25(13-28)20-53-38-30(41)17-27(18-31(38)42)40(52)45-19-37(51)55-36(50)8-7-24-15-32(43)39(33(44)16-24)54-21-26-10-23(4)12-29(14-26)47-35(49)6-2/h9-18H,5-8,19-21H2,1-4H3,(H,45,52)(H,46,48)(H,47,49). The van der Waals surface area contributed by atoms with Gasteiger partial charge in [0, 0.05) is 29.8 Å². The molecule has 290 valence electrons. The van der Waals surface area contributed by atoms with Crippen LogP contribution >= 0.6 is 55.1 Å². The molecular weight excluding hydrogens is 881 g/mol. The second kappa shape index (κ2) is 20.5. The maximum atomic E-state index is 12.9. The first-order valence-electron chi connectivity index (χ1n) is 17.2. The number of esters is 2. The Morgan fingerprint density at radius 3 is 1.62 bits per heavy atom. The third-order valence-corrected chi connectivity index (χ3v) is 9.55. The van der Waals surface area contributed by atoms with Crippen LogP contribution in [0.4, 0.5) is 11.4 Å². The zero-order valence-corrected chi connectivity index (χ0v) is 35.2. The van der Waals surface area contributed by atoms with E-state index in [2.05, 4.69) is 47.8 Å². The van der Waals surface area contributed by atoms with E-state index in [0.29, 0.717) is 44.5 Å². The molecule has 4 rings (SSSR count). The predicted molar refractivity (Wildman–Crippen MR) is 219 cm³/mol. The van der Waals surface area contributed by atoms with Crippen molar-refractivity contribution in [3.8, 4) is 11.5 Å². The summed E-state index contributed by atoms with van der Waals surface area (Å²) >= 11 is 19.8. The van der Waals surface area contributed by atoms with Gasteiger partial charge in [-0.2, -0.15) is 0 Å². The summed E-state index contributed by atoms with van der Waals surface area (Å²) in [5, 5.41) is 8.61. The number of nitrogens with one attached hydrogen (secondary N) is 3. The molecule has 0 fully saturated rings. The summed E-state index contributed by atoms with van der Waals surface area (Å²) < 4.78 is 17.8. The normalized spacial score (nSPS) is 10.7. The number of carbonyl (C=O) groups excluding carboxylic acids is 5. The smallest absolute Gasteiger partial charge is 0.333 e. The maximum Gasteiger partial charge on any atom is 0.333 e. The summed E-state index contributed by atoms with van der Waals surface area (Å²) in [6.07, 6.45) is 0.742. The van der Waals surface area contributed by atoms with Gasteiger partial charge in [0.2, 0.25) is 11.8 Å². The molecule has 0 atom stereocenters. The first-order valence-corrected chi connectivity index (χ1v) is 19.5. The number of hydrogen-bond acceptors (Lipinski definition) is 8. The van der Waals surface area contributed by atoms with Crippen molar-refractivity contribution >= 4 is 96.1 Å². The molecular formula is C40H39Br2Cl2N3O8. The van der Waals surface area contributed by atoms with Crippen molar-refractivity contribution in [3.05, 3.63) is 113 Å². The molecule has 0 aliphatic rings. The van der Waals surface area contributed by atoms with Crippen molar-refractivity contribution in [3.63, 3.8) is 0 Å². The van der Waals surface area contributed by atoms with E-state index in [9.17, 15) is 24.0 Å². The summed E-state index contributed by atoms with van der Waals surface area (Å²) in [6.45, 7) is 7.17. The molecule has 0 saturated heterocycles. The summed E-state index contributed by atoms with van der Waals surface area (Å²) in [7, 11) is 0. The fourth-order valence-corrected chi connectivity index (χ4v) is 7.34. The zero-order valence-electron chi connectivity index (χ0n) is 30.5. The fourth-order valence-electron chi connectivity index (χ4n) is 5.28. The first kappa shape index (κ1) is 43.3. The average molecular weight is 920 g/mol. The number of rotatable bonds is 16. The SMILES string of the molecule is CCC(=O)Nc1cc(C)cc(COc2c(Cl)cc(CCC(=O)OC(=O)CNC(=O)c3cc(Br)c(OCc4cc(C)cc(NC(=O)CC)c4)c(Br)c3)cc2Cl)c1. The lowest BCUT2D eigenvalue weighted by atomic mass is 10.1. The summed E-state index contributed by atoms with van der Waals surface area (Å²) in [6, 6.07) is 17.5.